The first kappa shape index (κ1) is 16.3. The van der Waals surface area contributed by atoms with Crippen LogP contribution >= 0.6 is 0 Å². The molecule has 0 bridgehead atoms. The van der Waals surface area contributed by atoms with Crippen molar-refractivity contribution in [2.75, 3.05) is 21.3 Å². The first-order chi connectivity index (χ1) is 9.55. The van der Waals surface area contributed by atoms with Crippen LogP contribution in [0.2, 0.25) is 0 Å². The molecule has 0 saturated carbocycles. The number of methoxy groups -OCH3 is 3. The van der Waals surface area contributed by atoms with Crippen molar-refractivity contribution in [3.63, 3.8) is 0 Å². The molecular formula is C15H23NO4. The van der Waals surface area contributed by atoms with E-state index in [0.717, 1.165) is 12.0 Å². The maximum atomic E-state index is 11.6. The first-order valence-electron chi connectivity index (χ1n) is 6.61. The molecule has 0 fully saturated rings. The molecule has 0 aliphatic carbocycles. The van der Waals surface area contributed by atoms with Gasteiger partial charge in [0.05, 0.1) is 27.8 Å². The molecule has 112 valence electrons. The van der Waals surface area contributed by atoms with Crippen LogP contribution in [0.25, 0.3) is 0 Å². The van der Waals surface area contributed by atoms with E-state index in [9.17, 15) is 4.79 Å². The number of carbonyl (C=O) groups is 1. The van der Waals surface area contributed by atoms with E-state index in [0.29, 0.717) is 11.5 Å². The van der Waals surface area contributed by atoms with Gasteiger partial charge in [0, 0.05) is 18.0 Å². The van der Waals surface area contributed by atoms with E-state index in [1.165, 1.54) is 7.11 Å². The minimum atomic E-state index is -0.277. The van der Waals surface area contributed by atoms with Crippen molar-refractivity contribution in [1.82, 2.24) is 0 Å². The molecule has 1 rings (SSSR count). The summed E-state index contributed by atoms with van der Waals surface area (Å²) in [6.07, 6.45) is 1.00. The highest BCUT2D eigenvalue weighted by Gasteiger charge is 2.23. The second-order valence-electron chi connectivity index (χ2n) is 4.60. The zero-order valence-corrected chi connectivity index (χ0v) is 12.5. The third-order valence-corrected chi connectivity index (χ3v) is 3.40. The molecule has 0 spiro atoms. The lowest BCUT2D eigenvalue weighted by molar-refractivity contribution is -0.141. The standard InChI is InChI=1S/C15H23NO4/c1-5-14(16)13(9-15(17)20-4)10-6-11(18-2)8-12(7-10)19-3/h6-8,13-14H,5,9,16H2,1-4H3. The van der Waals surface area contributed by atoms with Crippen LogP contribution in [0, 0.1) is 0 Å². The van der Waals surface area contributed by atoms with Crippen molar-refractivity contribution in [3.05, 3.63) is 23.8 Å². The molecule has 0 aromatic heterocycles. The topological polar surface area (TPSA) is 70.8 Å². The highest BCUT2D eigenvalue weighted by Crippen LogP contribution is 2.31. The summed E-state index contributed by atoms with van der Waals surface area (Å²) in [7, 11) is 4.56. The molecule has 5 nitrogen and oxygen atoms in total. The number of nitrogens with two attached hydrogens (primary N) is 1. The van der Waals surface area contributed by atoms with Gasteiger partial charge in [0.2, 0.25) is 0 Å². The van der Waals surface area contributed by atoms with E-state index in [4.69, 9.17) is 19.9 Å². The molecule has 1 aromatic carbocycles. The third-order valence-electron chi connectivity index (χ3n) is 3.40. The summed E-state index contributed by atoms with van der Waals surface area (Å²) in [5, 5.41) is 0. The molecule has 5 heteroatoms. The van der Waals surface area contributed by atoms with Gasteiger partial charge < -0.3 is 19.9 Å². The summed E-state index contributed by atoms with van der Waals surface area (Å²) in [6.45, 7) is 1.99. The van der Waals surface area contributed by atoms with Gasteiger partial charge in [0.1, 0.15) is 11.5 Å². The molecule has 1 aromatic rings. The quantitative estimate of drug-likeness (QED) is 0.775. The van der Waals surface area contributed by atoms with Crippen LogP contribution in [0.4, 0.5) is 0 Å². The van der Waals surface area contributed by atoms with Crippen LogP contribution in [0.1, 0.15) is 31.2 Å². The molecule has 0 aliphatic heterocycles. The fourth-order valence-corrected chi connectivity index (χ4v) is 2.11. The van der Waals surface area contributed by atoms with E-state index < -0.39 is 0 Å². The van der Waals surface area contributed by atoms with Crippen molar-refractivity contribution in [3.8, 4) is 11.5 Å². The summed E-state index contributed by atoms with van der Waals surface area (Å²) in [6, 6.07) is 5.42. The Morgan fingerprint density at radius 3 is 2.10 bits per heavy atom. The molecular weight excluding hydrogens is 258 g/mol. The summed E-state index contributed by atoms with van der Waals surface area (Å²) in [4.78, 5) is 11.6. The molecule has 2 atom stereocenters. The maximum Gasteiger partial charge on any atom is 0.306 e. The number of rotatable bonds is 7. The summed E-state index contributed by atoms with van der Waals surface area (Å²) in [5.41, 5.74) is 7.06. The number of ether oxygens (including phenoxy) is 3. The Bertz CT molecular complexity index is 425. The van der Waals surface area contributed by atoms with Crippen molar-refractivity contribution in [1.29, 1.82) is 0 Å². The predicted octanol–water partition coefficient (Wildman–Crippen LogP) is 2.09. The van der Waals surface area contributed by atoms with E-state index in [1.807, 2.05) is 19.1 Å². The minimum absolute atomic E-state index is 0.128. The highest BCUT2D eigenvalue weighted by molar-refractivity contribution is 5.70. The van der Waals surface area contributed by atoms with Crippen molar-refractivity contribution < 1.29 is 19.0 Å². The van der Waals surface area contributed by atoms with Gasteiger partial charge in [-0.05, 0) is 24.1 Å². The van der Waals surface area contributed by atoms with Crippen LogP contribution in [0.15, 0.2) is 18.2 Å². The maximum absolute atomic E-state index is 11.6. The molecule has 20 heavy (non-hydrogen) atoms. The Morgan fingerprint density at radius 2 is 1.70 bits per heavy atom. The number of esters is 1. The average Bonchev–Trinajstić information content (AvgIpc) is 2.50. The van der Waals surface area contributed by atoms with E-state index >= 15 is 0 Å². The Labute approximate surface area is 120 Å². The lowest BCUT2D eigenvalue weighted by Gasteiger charge is -2.23. The smallest absolute Gasteiger partial charge is 0.306 e. The predicted molar refractivity (Wildman–Crippen MR) is 77.2 cm³/mol. The number of hydrogen-bond acceptors (Lipinski definition) is 5. The summed E-state index contributed by atoms with van der Waals surface area (Å²) < 4.78 is 15.3. The zero-order chi connectivity index (χ0) is 15.1. The Kier molecular flexibility index (Phi) is 6.31. The van der Waals surface area contributed by atoms with Gasteiger partial charge >= 0.3 is 5.97 Å². The molecule has 2 unspecified atom stereocenters. The number of benzene rings is 1. The summed E-state index contributed by atoms with van der Waals surface area (Å²) >= 11 is 0. The monoisotopic (exact) mass is 281 g/mol. The van der Waals surface area contributed by atoms with Gasteiger partial charge in [-0.3, -0.25) is 4.79 Å². The van der Waals surface area contributed by atoms with Crippen molar-refractivity contribution in [2.24, 2.45) is 5.73 Å². The minimum Gasteiger partial charge on any atom is -0.497 e. The number of hydrogen-bond donors (Lipinski definition) is 1. The molecule has 0 saturated heterocycles. The second-order valence-corrected chi connectivity index (χ2v) is 4.60. The van der Waals surface area contributed by atoms with Gasteiger partial charge in [-0.25, -0.2) is 0 Å². The largest absolute Gasteiger partial charge is 0.497 e. The Hall–Kier alpha value is -1.75. The van der Waals surface area contributed by atoms with E-state index in [-0.39, 0.29) is 24.3 Å². The Balaban J connectivity index is 3.14. The van der Waals surface area contributed by atoms with Crippen LogP contribution in [0.3, 0.4) is 0 Å². The molecule has 0 heterocycles. The molecule has 0 radical (unpaired) electrons. The van der Waals surface area contributed by atoms with Crippen LogP contribution in [0.5, 0.6) is 11.5 Å². The molecule has 2 N–H and O–H groups in total. The second kappa shape index (κ2) is 7.75. The number of carbonyl (C=O) groups excluding carboxylic acids is 1. The van der Waals surface area contributed by atoms with Crippen LogP contribution in [-0.2, 0) is 9.53 Å². The SMILES string of the molecule is CCC(N)C(CC(=O)OC)c1cc(OC)cc(OC)c1. The summed E-state index contributed by atoms with van der Waals surface area (Å²) in [5.74, 6) is 0.951. The lowest BCUT2D eigenvalue weighted by atomic mass is 9.87. The van der Waals surface area contributed by atoms with Gasteiger partial charge in [-0.15, -0.1) is 0 Å². The third kappa shape index (κ3) is 4.13. The van der Waals surface area contributed by atoms with Crippen molar-refractivity contribution >= 4 is 5.97 Å². The van der Waals surface area contributed by atoms with Gasteiger partial charge in [-0.1, -0.05) is 6.92 Å². The van der Waals surface area contributed by atoms with Gasteiger partial charge in [-0.2, -0.15) is 0 Å². The first-order valence-corrected chi connectivity index (χ1v) is 6.61. The lowest BCUT2D eigenvalue weighted by Crippen LogP contribution is -2.29. The fourth-order valence-electron chi connectivity index (χ4n) is 2.11. The molecule has 0 aliphatic rings. The van der Waals surface area contributed by atoms with E-state index in [2.05, 4.69) is 0 Å². The Morgan fingerprint density at radius 1 is 1.15 bits per heavy atom. The van der Waals surface area contributed by atoms with Crippen LogP contribution in [-0.4, -0.2) is 33.3 Å². The molecule has 0 amide bonds. The normalized spacial score (nSPS) is 13.4. The zero-order valence-electron chi connectivity index (χ0n) is 12.5. The average molecular weight is 281 g/mol. The van der Waals surface area contributed by atoms with Gasteiger partial charge in [0.25, 0.3) is 0 Å². The van der Waals surface area contributed by atoms with Gasteiger partial charge in [0.15, 0.2) is 0 Å². The van der Waals surface area contributed by atoms with E-state index in [1.54, 1.807) is 20.3 Å². The van der Waals surface area contributed by atoms with Crippen LogP contribution < -0.4 is 15.2 Å². The fraction of sp³-hybridized carbons (Fsp3) is 0.533. The van der Waals surface area contributed by atoms with Crippen molar-refractivity contribution in [2.45, 2.75) is 31.7 Å². The highest BCUT2D eigenvalue weighted by atomic mass is 16.5.